The van der Waals surface area contributed by atoms with Crippen LogP contribution in [0.3, 0.4) is 0 Å². The molecule has 1 aromatic carbocycles. The first-order chi connectivity index (χ1) is 16.1. The first kappa shape index (κ1) is 22.0. The first-order valence-corrected chi connectivity index (χ1v) is 12.5. The second-order valence-electron chi connectivity index (χ2n) is 9.86. The number of benzene rings is 1. The lowest BCUT2D eigenvalue weighted by atomic mass is 9.95. The molecule has 0 bridgehead atoms. The van der Waals surface area contributed by atoms with Crippen LogP contribution in [0.2, 0.25) is 0 Å². The summed E-state index contributed by atoms with van der Waals surface area (Å²) in [5.41, 5.74) is 4.51. The zero-order valence-corrected chi connectivity index (χ0v) is 19.6. The van der Waals surface area contributed by atoms with E-state index in [1.54, 1.807) is 0 Å². The van der Waals surface area contributed by atoms with Crippen LogP contribution in [-0.2, 0) is 13.0 Å². The van der Waals surface area contributed by atoms with Gasteiger partial charge < -0.3 is 15.0 Å². The van der Waals surface area contributed by atoms with Crippen LogP contribution in [0, 0.1) is 5.92 Å². The number of hydrogen-bond donors (Lipinski definition) is 2. The van der Waals surface area contributed by atoms with E-state index < -0.39 is 0 Å². The fourth-order valence-electron chi connectivity index (χ4n) is 5.22. The van der Waals surface area contributed by atoms with Gasteiger partial charge in [-0.05, 0) is 48.4 Å². The number of anilines is 1. The summed E-state index contributed by atoms with van der Waals surface area (Å²) in [5.74, 6) is 1.39. The van der Waals surface area contributed by atoms with Crippen LogP contribution in [0.25, 0.3) is 5.65 Å². The molecule has 2 aliphatic rings. The van der Waals surface area contributed by atoms with Gasteiger partial charge in [0.05, 0.1) is 11.8 Å². The zero-order chi connectivity index (χ0) is 22.6. The Bertz CT molecular complexity index is 1100. The molecule has 0 radical (unpaired) electrons. The lowest BCUT2D eigenvalue weighted by Gasteiger charge is -2.30. The number of rotatable bonds is 7. The maximum Gasteiger partial charge on any atom is 0.252 e. The molecule has 1 saturated carbocycles. The van der Waals surface area contributed by atoms with Gasteiger partial charge in [-0.25, -0.2) is 4.98 Å². The highest BCUT2D eigenvalue weighted by molar-refractivity contribution is 5.94. The predicted molar refractivity (Wildman–Crippen MR) is 133 cm³/mol. The van der Waals surface area contributed by atoms with E-state index in [-0.39, 0.29) is 5.91 Å². The number of hydrogen-bond acceptors (Lipinski definition) is 4. The summed E-state index contributed by atoms with van der Waals surface area (Å²) in [6.45, 7) is 6.40. The van der Waals surface area contributed by atoms with E-state index >= 15 is 0 Å². The van der Waals surface area contributed by atoms with Gasteiger partial charge in [0.15, 0.2) is 0 Å². The number of nitrogens with one attached hydrogen (secondary N) is 2. The maximum absolute atomic E-state index is 12.7. The summed E-state index contributed by atoms with van der Waals surface area (Å²) >= 11 is 0. The topological polar surface area (TPSA) is 61.7 Å². The minimum atomic E-state index is 0.0173. The number of nitrogens with zero attached hydrogens (tertiary/aromatic N) is 3. The standard InChI is InChI=1S/C27H35N5O/c1-20(16-31-14-13-21-7-5-6-8-22(21)17-31)15-28-25-19-32-18-23(11-12-26(32)30-25)27(33)29-24-9-3-2-4-10-24/h5-8,11-12,18-20,24,28H,2-4,9-10,13-17H2,1H3,(H,29,33). The molecule has 3 heterocycles. The fourth-order valence-corrected chi connectivity index (χ4v) is 5.22. The largest absolute Gasteiger partial charge is 0.368 e. The molecular weight excluding hydrogens is 410 g/mol. The van der Waals surface area contributed by atoms with Crippen LogP contribution in [0.1, 0.15) is 60.5 Å². The molecule has 174 valence electrons. The molecule has 0 spiro atoms. The molecule has 3 aromatic rings. The molecule has 0 saturated heterocycles. The van der Waals surface area contributed by atoms with E-state index in [1.165, 1.54) is 30.4 Å². The number of pyridine rings is 1. The highest BCUT2D eigenvalue weighted by atomic mass is 16.1. The van der Waals surface area contributed by atoms with Crippen LogP contribution in [0.15, 0.2) is 48.8 Å². The number of carbonyl (C=O) groups is 1. The van der Waals surface area contributed by atoms with E-state index in [0.29, 0.717) is 17.5 Å². The van der Waals surface area contributed by atoms with E-state index in [0.717, 1.165) is 56.9 Å². The van der Waals surface area contributed by atoms with Crippen molar-refractivity contribution in [1.29, 1.82) is 0 Å². The van der Waals surface area contributed by atoms with E-state index in [4.69, 9.17) is 0 Å². The summed E-state index contributed by atoms with van der Waals surface area (Å²) < 4.78 is 1.95. The van der Waals surface area contributed by atoms with Crippen molar-refractivity contribution < 1.29 is 4.79 Å². The Balaban J connectivity index is 1.14. The molecule has 1 aliphatic carbocycles. The van der Waals surface area contributed by atoms with Gasteiger partial charge in [-0.15, -0.1) is 0 Å². The number of imidazole rings is 1. The van der Waals surface area contributed by atoms with Crippen molar-refractivity contribution in [1.82, 2.24) is 19.6 Å². The van der Waals surface area contributed by atoms with Gasteiger partial charge >= 0.3 is 0 Å². The maximum atomic E-state index is 12.7. The quantitative estimate of drug-likeness (QED) is 0.562. The van der Waals surface area contributed by atoms with Crippen LogP contribution < -0.4 is 10.6 Å². The lowest BCUT2D eigenvalue weighted by Crippen LogP contribution is -2.36. The van der Waals surface area contributed by atoms with Crippen LogP contribution in [0.5, 0.6) is 0 Å². The molecule has 6 nitrogen and oxygen atoms in total. The van der Waals surface area contributed by atoms with Crippen LogP contribution in [-0.4, -0.2) is 45.9 Å². The Morgan fingerprint density at radius 3 is 2.76 bits per heavy atom. The molecule has 1 unspecified atom stereocenters. The molecule has 1 fully saturated rings. The van der Waals surface area contributed by atoms with Crippen molar-refractivity contribution in [2.24, 2.45) is 5.92 Å². The number of amides is 1. The van der Waals surface area contributed by atoms with Gasteiger partial charge in [0, 0.05) is 38.4 Å². The van der Waals surface area contributed by atoms with Crippen molar-refractivity contribution >= 4 is 17.4 Å². The van der Waals surface area contributed by atoms with Gasteiger partial charge in [-0.1, -0.05) is 50.5 Å². The smallest absolute Gasteiger partial charge is 0.252 e. The summed E-state index contributed by atoms with van der Waals surface area (Å²) in [6.07, 6.45) is 10.9. The summed E-state index contributed by atoms with van der Waals surface area (Å²) in [6, 6.07) is 12.9. The normalized spacial score (nSPS) is 18.1. The average molecular weight is 446 g/mol. The van der Waals surface area contributed by atoms with Gasteiger partial charge in [0.1, 0.15) is 11.5 Å². The van der Waals surface area contributed by atoms with Crippen molar-refractivity contribution in [3.8, 4) is 0 Å². The van der Waals surface area contributed by atoms with Gasteiger partial charge in [-0.2, -0.15) is 0 Å². The third-order valence-corrected chi connectivity index (χ3v) is 7.06. The zero-order valence-electron chi connectivity index (χ0n) is 19.6. The van der Waals surface area contributed by atoms with Crippen molar-refractivity contribution in [3.63, 3.8) is 0 Å². The molecule has 2 aromatic heterocycles. The molecule has 6 heteroatoms. The van der Waals surface area contributed by atoms with E-state index in [9.17, 15) is 4.79 Å². The number of aromatic nitrogens is 2. The van der Waals surface area contributed by atoms with Gasteiger partial charge in [-0.3, -0.25) is 9.69 Å². The Labute approximate surface area is 196 Å². The van der Waals surface area contributed by atoms with Crippen molar-refractivity contribution in [2.75, 3.05) is 25.0 Å². The molecular formula is C27H35N5O. The molecule has 1 amide bonds. The molecule has 5 rings (SSSR count). The molecule has 2 N–H and O–H groups in total. The van der Waals surface area contributed by atoms with Crippen molar-refractivity contribution in [3.05, 3.63) is 65.5 Å². The van der Waals surface area contributed by atoms with Crippen LogP contribution in [0.4, 0.5) is 5.82 Å². The van der Waals surface area contributed by atoms with Crippen LogP contribution >= 0.6 is 0 Å². The third-order valence-electron chi connectivity index (χ3n) is 7.06. The first-order valence-electron chi connectivity index (χ1n) is 12.5. The summed E-state index contributed by atoms with van der Waals surface area (Å²) in [5, 5.41) is 6.70. The van der Waals surface area contributed by atoms with E-state index in [1.807, 2.05) is 28.9 Å². The second kappa shape index (κ2) is 9.96. The lowest BCUT2D eigenvalue weighted by molar-refractivity contribution is 0.0927. The number of carbonyl (C=O) groups excluding carboxylic acids is 1. The predicted octanol–water partition coefficient (Wildman–Crippen LogP) is 4.50. The van der Waals surface area contributed by atoms with E-state index in [2.05, 4.69) is 51.7 Å². The van der Waals surface area contributed by atoms with Crippen molar-refractivity contribution in [2.45, 2.75) is 58.0 Å². The second-order valence-corrected chi connectivity index (χ2v) is 9.86. The molecule has 33 heavy (non-hydrogen) atoms. The Morgan fingerprint density at radius 2 is 1.91 bits per heavy atom. The fraction of sp³-hybridized carbons (Fsp3) is 0.481. The Kier molecular flexibility index (Phi) is 6.63. The molecule has 1 aliphatic heterocycles. The summed E-state index contributed by atoms with van der Waals surface area (Å²) in [4.78, 5) is 19.9. The Morgan fingerprint density at radius 1 is 1.09 bits per heavy atom. The minimum absolute atomic E-state index is 0.0173. The SMILES string of the molecule is CC(CNc1cn2cc(C(=O)NC3CCCCC3)ccc2n1)CN1CCc2ccccc2C1. The average Bonchev–Trinajstić information content (AvgIpc) is 3.25. The third kappa shape index (κ3) is 5.38. The minimum Gasteiger partial charge on any atom is -0.368 e. The highest BCUT2D eigenvalue weighted by Gasteiger charge is 2.19. The highest BCUT2D eigenvalue weighted by Crippen LogP contribution is 2.20. The molecule has 1 atom stereocenters. The van der Waals surface area contributed by atoms with Gasteiger partial charge in [0.2, 0.25) is 0 Å². The monoisotopic (exact) mass is 445 g/mol. The summed E-state index contributed by atoms with van der Waals surface area (Å²) in [7, 11) is 0. The van der Waals surface area contributed by atoms with Gasteiger partial charge in [0.25, 0.3) is 5.91 Å². The Hall–Kier alpha value is -2.86. The number of fused-ring (bicyclic) bond motifs is 2.